The van der Waals surface area contributed by atoms with Crippen LogP contribution in [0.1, 0.15) is 26.1 Å². The highest BCUT2D eigenvalue weighted by Gasteiger charge is 2.05. The van der Waals surface area contributed by atoms with E-state index in [0.717, 1.165) is 23.3 Å². The van der Waals surface area contributed by atoms with Gasteiger partial charge < -0.3 is 10.3 Å². The number of H-pyrrole nitrogens is 1. The van der Waals surface area contributed by atoms with Crippen LogP contribution in [0.2, 0.25) is 0 Å². The fourth-order valence-electron chi connectivity index (χ4n) is 1.89. The van der Waals surface area contributed by atoms with Crippen LogP contribution >= 0.6 is 0 Å². The van der Waals surface area contributed by atoms with E-state index in [0.29, 0.717) is 18.9 Å². The van der Waals surface area contributed by atoms with Crippen LogP contribution in [0.5, 0.6) is 0 Å². The van der Waals surface area contributed by atoms with Crippen molar-refractivity contribution >= 4 is 16.9 Å². The van der Waals surface area contributed by atoms with E-state index in [4.69, 9.17) is 0 Å². The van der Waals surface area contributed by atoms with Gasteiger partial charge in [-0.25, -0.2) is 4.98 Å². The normalized spacial score (nSPS) is 11.1. The standard InChI is InChI=1S/C14H19N3O/c1-10(2)9-14(18)15-8-7-13-16-11-5-3-4-6-12(11)17-13/h3-6,10H,7-9H2,1-2H3,(H,15,18)(H,16,17). The fourth-order valence-corrected chi connectivity index (χ4v) is 1.89. The predicted molar refractivity (Wildman–Crippen MR) is 72.3 cm³/mol. The van der Waals surface area contributed by atoms with Crippen LogP contribution in [0.15, 0.2) is 24.3 Å². The molecule has 0 fully saturated rings. The second-order valence-electron chi connectivity index (χ2n) is 4.90. The molecule has 0 aliphatic heterocycles. The van der Waals surface area contributed by atoms with Gasteiger partial charge in [-0.15, -0.1) is 0 Å². The van der Waals surface area contributed by atoms with Crippen LogP contribution in [0.3, 0.4) is 0 Å². The van der Waals surface area contributed by atoms with E-state index < -0.39 is 0 Å². The van der Waals surface area contributed by atoms with E-state index in [9.17, 15) is 4.79 Å². The third-order valence-electron chi connectivity index (χ3n) is 2.72. The van der Waals surface area contributed by atoms with Gasteiger partial charge in [0.25, 0.3) is 0 Å². The first kappa shape index (κ1) is 12.6. The van der Waals surface area contributed by atoms with Crippen LogP contribution in [-0.4, -0.2) is 22.4 Å². The lowest BCUT2D eigenvalue weighted by molar-refractivity contribution is -0.121. The first-order valence-electron chi connectivity index (χ1n) is 6.35. The minimum atomic E-state index is 0.112. The van der Waals surface area contributed by atoms with Crippen molar-refractivity contribution in [3.8, 4) is 0 Å². The summed E-state index contributed by atoms with van der Waals surface area (Å²) in [5.74, 6) is 1.43. The van der Waals surface area contributed by atoms with Crippen molar-refractivity contribution in [2.45, 2.75) is 26.7 Å². The van der Waals surface area contributed by atoms with Gasteiger partial charge in [-0.3, -0.25) is 4.79 Å². The zero-order valence-corrected chi connectivity index (χ0v) is 10.9. The van der Waals surface area contributed by atoms with E-state index in [1.807, 2.05) is 38.1 Å². The van der Waals surface area contributed by atoms with Crippen molar-refractivity contribution in [1.29, 1.82) is 0 Å². The van der Waals surface area contributed by atoms with Crippen molar-refractivity contribution in [2.75, 3.05) is 6.54 Å². The number of aromatic amines is 1. The average molecular weight is 245 g/mol. The van der Waals surface area contributed by atoms with Crippen molar-refractivity contribution in [3.05, 3.63) is 30.1 Å². The molecule has 0 unspecified atom stereocenters. The van der Waals surface area contributed by atoms with E-state index in [2.05, 4.69) is 15.3 Å². The summed E-state index contributed by atoms with van der Waals surface area (Å²) in [6, 6.07) is 7.93. The second-order valence-corrected chi connectivity index (χ2v) is 4.90. The minimum absolute atomic E-state index is 0.112. The Balaban J connectivity index is 1.85. The summed E-state index contributed by atoms with van der Waals surface area (Å²) in [5, 5.41) is 2.91. The van der Waals surface area contributed by atoms with Gasteiger partial charge in [0.05, 0.1) is 11.0 Å². The number of carbonyl (C=O) groups is 1. The number of nitrogens with zero attached hydrogens (tertiary/aromatic N) is 1. The summed E-state index contributed by atoms with van der Waals surface area (Å²) >= 11 is 0. The zero-order chi connectivity index (χ0) is 13.0. The number of para-hydroxylation sites is 2. The molecule has 0 radical (unpaired) electrons. The number of benzene rings is 1. The molecule has 2 aromatic rings. The zero-order valence-electron chi connectivity index (χ0n) is 10.9. The van der Waals surface area contributed by atoms with Crippen molar-refractivity contribution in [1.82, 2.24) is 15.3 Å². The van der Waals surface area contributed by atoms with Gasteiger partial charge in [0.2, 0.25) is 5.91 Å². The largest absolute Gasteiger partial charge is 0.356 e. The number of hydrogen-bond acceptors (Lipinski definition) is 2. The Morgan fingerprint density at radius 3 is 2.89 bits per heavy atom. The van der Waals surface area contributed by atoms with Crippen molar-refractivity contribution in [2.24, 2.45) is 5.92 Å². The molecular weight excluding hydrogens is 226 g/mol. The quantitative estimate of drug-likeness (QED) is 0.849. The summed E-state index contributed by atoms with van der Waals surface area (Å²) in [4.78, 5) is 19.2. The maximum Gasteiger partial charge on any atom is 0.220 e. The molecule has 0 aliphatic rings. The molecule has 1 amide bonds. The molecule has 1 aromatic heterocycles. The van der Waals surface area contributed by atoms with Gasteiger partial charge in [-0.2, -0.15) is 0 Å². The number of rotatable bonds is 5. The lowest BCUT2D eigenvalue weighted by Crippen LogP contribution is -2.26. The number of fused-ring (bicyclic) bond motifs is 1. The monoisotopic (exact) mass is 245 g/mol. The molecule has 1 heterocycles. The molecule has 1 aromatic carbocycles. The van der Waals surface area contributed by atoms with Crippen LogP contribution in [-0.2, 0) is 11.2 Å². The summed E-state index contributed by atoms with van der Waals surface area (Å²) in [6.45, 7) is 4.71. The molecule has 0 spiro atoms. The molecule has 2 N–H and O–H groups in total. The number of aromatic nitrogens is 2. The molecule has 0 saturated heterocycles. The molecular formula is C14H19N3O. The molecule has 4 heteroatoms. The van der Waals surface area contributed by atoms with Gasteiger partial charge in [0.15, 0.2) is 0 Å². The van der Waals surface area contributed by atoms with Crippen LogP contribution < -0.4 is 5.32 Å². The molecule has 96 valence electrons. The fraction of sp³-hybridized carbons (Fsp3) is 0.429. The van der Waals surface area contributed by atoms with Crippen LogP contribution in [0, 0.1) is 5.92 Å². The third-order valence-corrected chi connectivity index (χ3v) is 2.72. The topological polar surface area (TPSA) is 57.8 Å². The lowest BCUT2D eigenvalue weighted by atomic mass is 10.1. The highest BCUT2D eigenvalue weighted by Crippen LogP contribution is 2.10. The van der Waals surface area contributed by atoms with Crippen molar-refractivity contribution in [3.63, 3.8) is 0 Å². The van der Waals surface area contributed by atoms with Crippen LogP contribution in [0.25, 0.3) is 11.0 Å². The first-order valence-corrected chi connectivity index (χ1v) is 6.35. The molecule has 0 aliphatic carbocycles. The highest BCUT2D eigenvalue weighted by atomic mass is 16.1. The number of amides is 1. The van der Waals surface area contributed by atoms with Gasteiger partial charge in [0, 0.05) is 19.4 Å². The summed E-state index contributed by atoms with van der Waals surface area (Å²) in [7, 11) is 0. The maximum absolute atomic E-state index is 11.5. The van der Waals surface area contributed by atoms with E-state index in [1.54, 1.807) is 0 Å². The maximum atomic E-state index is 11.5. The Morgan fingerprint density at radius 1 is 1.39 bits per heavy atom. The summed E-state index contributed by atoms with van der Waals surface area (Å²) in [5.41, 5.74) is 2.02. The molecule has 4 nitrogen and oxygen atoms in total. The number of nitrogens with one attached hydrogen (secondary N) is 2. The van der Waals surface area contributed by atoms with Gasteiger partial charge in [-0.1, -0.05) is 26.0 Å². The SMILES string of the molecule is CC(C)CC(=O)NCCc1nc2ccccc2[nH]1. The molecule has 2 rings (SSSR count). The predicted octanol–water partition coefficient (Wildman–Crippen LogP) is 2.27. The van der Waals surface area contributed by atoms with E-state index in [1.165, 1.54) is 0 Å². The molecule has 0 saturated carbocycles. The Kier molecular flexibility index (Phi) is 3.97. The smallest absolute Gasteiger partial charge is 0.220 e. The average Bonchev–Trinajstić information content (AvgIpc) is 2.70. The molecule has 18 heavy (non-hydrogen) atoms. The number of hydrogen-bond donors (Lipinski definition) is 2. The Morgan fingerprint density at radius 2 is 2.17 bits per heavy atom. The number of imidazole rings is 1. The second kappa shape index (κ2) is 5.67. The lowest BCUT2D eigenvalue weighted by Gasteiger charge is -2.05. The molecule has 0 atom stereocenters. The van der Waals surface area contributed by atoms with Crippen LogP contribution in [0.4, 0.5) is 0 Å². The minimum Gasteiger partial charge on any atom is -0.356 e. The Hall–Kier alpha value is -1.84. The van der Waals surface area contributed by atoms with E-state index in [-0.39, 0.29) is 5.91 Å². The summed E-state index contributed by atoms with van der Waals surface area (Å²) < 4.78 is 0. The van der Waals surface area contributed by atoms with E-state index >= 15 is 0 Å². The Labute approximate surface area is 107 Å². The highest BCUT2D eigenvalue weighted by molar-refractivity contribution is 5.76. The first-order chi connectivity index (χ1) is 8.65. The Bertz CT molecular complexity index is 498. The number of carbonyl (C=O) groups excluding carboxylic acids is 1. The summed E-state index contributed by atoms with van der Waals surface area (Å²) in [6.07, 6.45) is 1.32. The van der Waals surface area contributed by atoms with Gasteiger partial charge >= 0.3 is 0 Å². The molecule has 0 bridgehead atoms. The third kappa shape index (κ3) is 3.32. The van der Waals surface area contributed by atoms with Gasteiger partial charge in [0.1, 0.15) is 5.82 Å². The van der Waals surface area contributed by atoms with Gasteiger partial charge in [-0.05, 0) is 18.1 Å². The van der Waals surface area contributed by atoms with Crippen molar-refractivity contribution < 1.29 is 4.79 Å².